The summed E-state index contributed by atoms with van der Waals surface area (Å²) in [4.78, 5) is 12.1. The highest BCUT2D eigenvalue weighted by Crippen LogP contribution is 2.36. The second-order valence-corrected chi connectivity index (χ2v) is 10.2. The molecule has 1 heterocycles. The van der Waals surface area contributed by atoms with Crippen LogP contribution in [0.3, 0.4) is 0 Å². The highest BCUT2D eigenvalue weighted by molar-refractivity contribution is 8.03. The van der Waals surface area contributed by atoms with Crippen molar-refractivity contribution in [1.29, 1.82) is 0 Å². The summed E-state index contributed by atoms with van der Waals surface area (Å²) in [7, 11) is 0. The molecule has 216 valence electrons. The Balaban J connectivity index is 0.00000371. The number of carboxylic acids is 1. The van der Waals surface area contributed by atoms with Crippen molar-refractivity contribution in [2.24, 2.45) is 17.6 Å². The van der Waals surface area contributed by atoms with E-state index in [2.05, 4.69) is 13.2 Å². The van der Waals surface area contributed by atoms with E-state index in [1.807, 2.05) is 20.8 Å². The number of alkyl halides is 3. The van der Waals surface area contributed by atoms with Gasteiger partial charge in [-0.3, -0.25) is 4.79 Å². The highest BCUT2D eigenvalue weighted by Gasteiger charge is 2.31. The van der Waals surface area contributed by atoms with Crippen LogP contribution in [0.1, 0.15) is 52.5 Å². The molecule has 0 saturated heterocycles. The van der Waals surface area contributed by atoms with Gasteiger partial charge < -0.3 is 20.3 Å². The molecular weight excluding hydrogens is 527 g/mol. The van der Waals surface area contributed by atoms with Crippen LogP contribution in [0.4, 0.5) is 13.2 Å². The SMILES string of the molecule is C=C.CC/C=C(\C=C/CCS/C(=C(\N)C(C)C)C(C)COc1ccc2c(c1)OCC=C2CC(=O)O)C(F)(F)F. The van der Waals surface area contributed by atoms with Gasteiger partial charge in [-0.05, 0) is 42.5 Å². The summed E-state index contributed by atoms with van der Waals surface area (Å²) in [5.41, 5.74) is 7.95. The number of halogens is 3. The molecule has 39 heavy (non-hydrogen) atoms. The topological polar surface area (TPSA) is 81.8 Å². The third kappa shape index (κ3) is 11.3. The summed E-state index contributed by atoms with van der Waals surface area (Å²) in [5, 5.41) is 9.12. The summed E-state index contributed by atoms with van der Waals surface area (Å²) in [6.07, 6.45) is 2.00. The van der Waals surface area contributed by atoms with E-state index in [-0.39, 0.29) is 18.3 Å². The van der Waals surface area contributed by atoms with Gasteiger partial charge in [0.05, 0.1) is 18.6 Å². The fourth-order valence-corrected chi connectivity index (χ4v) is 4.92. The second kappa shape index (κ2) is 16.8. The zero-order valence-electron chi connectivity index (χ0n) is 23.1. The number of benzene rings is 1. The quantitative estimate of drug-likeness (QED) is 0.142. The van der Waals surface area contributed by atoms with E-state index in [4.69, 9.17) is 20.3 Å². The summed E-state index contributed by atoms with van der Waals surface area (Å²) in [5.74, 6) is 0.939. The van der Waals surface area contributed by atoms with Gasteiger partial charge in [-0.1, -0.05) is 45.9 Å². The zero-order chi connectivity index (χ0) is 29.6. The summed E-state index contributed by atoms with van der Waals surface area (Å²) in [6, 6.07) is 5.34. The van der Waals surface area contributed by atoms with Gasteiger partial charge in [-0.15, -0.1) is 24.9 Å². The minimum absolute atomic E-state index is 0.0403. The molecule has 1 unspecified atom stereocenters. The number of hydrogen-bond acceptors (Lipinski definition) is 5. The smallest absolute Gasteiger partial charge is 0.416 e. The van der Waals surface area contributed by atoms with Gasteiger partial charge in [0.2, 0.25) is 0 Å². The number of ether oxygens (including phenoxy) is 2. The predicted octanol–water partition coefficient (Wildman–Crippen LogP) is 8.16. The monoisotopic (exact) mass is 567 g/mol. The lowest BCUT2D eigenvalue weighted by atomic mass is 9.99. The fourth-order valence-electron chi connectivity index (χ4n) is 3.69. The molecule has 0 bridgehead atoms. The van der Waals surface area contributed by atoms with Crippen molar-refractivity contribution in [1.82, 2.24) is 0 Å². The van der Waals surface area contributed by atoms with Crippen LogP contribution in [0.15, 0.2) is 71.8 Å². The van der Waals surface area contributed by atoms with Crippen molar-refractivity contribution in [3.8, 4) is 11.5 Å². The molecule has 0 radical (unpaired) electrons. The van der Waals surface area contributed by atoms with E-state index >= 15 is 0 Å². The molecule has 0 aromatic heterocycles. The number of rotatable bonds is 13. The number of fused-ring (bicyclic) bond motifs is 1. The molecule has 1 aliphatic heterocycles. The number of nitrogens with two attached hydrogens (primary N) is 1. The molecule has 0 saturated carbocycles. The summed E-state index contributed by atoms with van der Waals surface area (Å²) >= 11 is 1.54. The van der Waals surface area contributed by atoms with E-state index in [0.717, 1.165) is 22.2 Å². The first-order chi connectivity index (χ1) is 18.4. The van der Waals surface area contributed by atoms with Crippen LogP contribution in [0.25, 0.3) is 5.57 Å². The van der Waals surface area contributed by atoms with Crippen molar-refractivity contribution in [3.05, 3.63) is 77.4 Å². The van der Waals surface area contributed by atoms with Gasteiger partial charge in [0.25, 0.3) is 0 Å². The largest absolute Gasteiger partial charge is 0.493 e. The number of thioether (sulfide) groups is 1. The fraction of sp³-hybridized carbons (Fsp3) is 0.433. The minimum Gasteiger partial charge on any atom is -0.493 e. The van der Waals surface area contributed by atoms with Crippen LogP contribution in [-0.2, 0) is 4.79 Å². The van der Waals surface area contributed by atoms with Crippen LogP contribution >= 0.6 is 11.8 Å². The molecule has 1 atom stereocenters. The maximum Gasteiger partial charge on any atom is 0.416 e. The van der Waals surface area contributed by atoms with Gasteiger partial charge in [-0.25, -0.2) is 0 Å². The van der Waals surface area contributed by atoms with E-state index in [9.17, 15) is 18.0 Å². The molecule has 1 aliphatic rings. The Morgan fingerprint density at radius 2 is 1.97 bits per heavy atom. The molecule has 3 N–H and O–H groups in total. The number of carboxylic acid groups (broad SMARTS) is 1. The predicted molar refractivity (Wildman–Crippen MR) is 155 cm³/mol. The molecule has 5 nitrogen and oxygen atoms in total. The lowest BCUT2D eigenvalue weighted by Gasteiger charge is -2.22. The maximum absolute atomic E-state index is 13.0. The Morgan fingerprint density at radius 3 is 2.56 bits per heavy atom. The van der Waals surface area contributed by atoms with Gasteiger partial charge in [-0.2, -0.15) is 13.2 Å². The third-order valence-corrected chi connectivity index (χ3v) is 7.04. The van der Waals surface area contributed by atoms with Crippen molar-refractivity contribution in [2.75, 3.05) is 19.0 Å². The molecule has 0 amide bonds. The van der Waals surface area contributed by atoms with Gasteiger partial charge in [0, 0.05) is 33.9 Å². The van der Waals surface area contributed by atoms with Gasteiger partial charge in [0.15, 0.2) is 0 Å². The van der Waals surface area contributed by atoms with Crippen LogP contribution in [0.2, 0.25) is 0 Å². The van der Waals surface area contributed by atoms with Gasteiger partial charge >= 0.3 is 12.1 Å². The Hall–Kier alpha value is -3.07. The summed E-state index contributed by atoms with van der Waals surface area (Å²) < 4.78 is 50.8. The number of allylic oxidation sites excluding steroid dienone is 5. The Kier molecular flexibility index (Phi) is 14.6. The molecule has 1 aromatic carbocycles. The van der Waals surface area contributed by atoms with Crippen molar-refractivity contribution in [2.45, 2.75) is 53.1 Å². The number of carbonyl (C=O) groups is 1. The van der Waals surface area contributed by atoms with Crippen molar-refractivity contribution < 1.29 is 32.5 Å². The normalized spacial score (nSPS) is 15.0. The molecule has 1 aromatic rings. The number of hydrogen-bond donors (Lipinski definition) is 2. The van der Waals surface area contributed by atoms with E-state index in [1.54, 1.807) is 37.3 Å². The minimum atomic E-state index is -4.35. The third-order valence-electron chi connectivity index (χ3n) is 5.65. The lowest BCUT2D eigenvalue weighted by molar-refractivity contribution is -0.135. The van der Waals surface area contributed by atoms with Gasteiger partial charge in [0.1, 0.15) is 18.1 Å². The van der Waals surface area contributed by atoms with E-state index in [0.29, 0.717) is 48.9 Å². The van der Waals surface area contributed by atoms with Crippen LogP contribution < -0.4 is 15.2 Å². The maximum atomic E-state index is 13.0. The highest BCUT2D eigenvalue weighted by atomic mass is 32.2. The lowest BCUT2D eigenvalue weighted by Crippen LogP contribution is -2.17. The average Bonchev–Trinajstić information content (AvgIpc) is 2.88. The van der Waals surface area contributed by atoms with Crippen LogP contribution in [0.5, 0.6) is 11.5 Å². The van der Waals surface area contributed by atoms with E-state index < -0.39 is 17.7 Å². The molecule has 0 aliphatic carbocycles. The molecular formula is C30H40F3NO4S. The first-order valence-electron chi connectivity index (χ1n) is 12.8. The average molecular weight is 568 g/mol. The first-order valence-corrected chi connectivity index (χ1v) is 13.8. The molecule has 0 fully saturated rings. The van der Waals surface area contributed by atoms with Crippen molar-refractivity contribution in [3.63, 3.8) is 0 Å². The number of aliphatic carboxylic acids is 1. The second-order valence-electron chi connectivity index (χ2n) is 9.06. The molecule has 9 heteroatoms. The zero-order valence-corrected chi connectivity index (χ0v) is 24.0. The van der Waals surface area contributed by atoms with Crippen LogP contribution in [-0.4, -0.2) is 36.2 Å². The van der Waals surface area contributed by atoms with Crippen LogP contribution in [0, 0.1) is 11.8 Å². The van der Waals surface area contributed by atoms with E-state index in [1.165, 1.54) is 17.8 Å². The standard InChI is InChI=1S/C28H36F3NO4S.C2H4/c1-5-8-21(28(29,30)31)9-6-7-14-37-27(26(32)18(2)3)19(4)17-36-22-10-11-23-20(15-25(33)34)12-13-35-24(23)16-22;1-2/h6,8-12,16,18-19H,5,7,13-15,17,32H2,1-4H3,(H,33,34);1-2H2/b9-6-,21-8+,27-26-;. The Bertz CT molecular complexity index is 1070. The Morgan fingerprint density at radius 1 is 1.28 bits per heavy atom. The molecule has 2 rings (SSSR count). The van der Waals surface area contributed by atoms with Crippen molar-refractivity contribution >= 4 is 23.3 Å². The molecule has 0 spiro atoms. The Labute approximate surface area is 234 Å². The summed E-state index contributed by atoms with van der Waals surface area (Å²) in [6.45, 7) is 14.3. The first kappa shape index (κ1) is 34.0.